The second-order valence-corrected chi connectivity index (χ2v) is 6.06. The van der Waals surface area contributed by atoms with Crippen LogP contribution in [0.1, 0.15) is 31.4 Å². The lowest BCUT2D eigenvalue weighted by Gasteiger charge is -2.50. The van der Waals surface area contributed by atoms with Gasteiger partial charge in [-0.3, -0.25) is 4.79 Å². The number of hydrogen-bond donors (Lipinski definition) is 1. The van der Waals surface area contributed by atoms with Crippen LogP contribution in [0.2, 0.25) is 0 Å². The van der Waals surface area contributed by atoms with E-state index in [0.717, 1.165) is 6.42 Å². The number of likely N-dealkylation sites (tertiary alicyclic amines) is 1. The molecule has 3 heteroatoms. The van der Waals surface area contributed by atoms with Crippen LogP contribution in [0.5, 0.6) is 0 Å². The molecule has 1 aliphatic rings. The fourth-order valence-electron chi connectivity index (χ4n) is 2.50. The summed E-state index contributed by atoms with van der Waals surface area (Å²) in [7, 11) is 0. The number of carbonyl (C=O) groups excluding carboxylic acids is 1. The van der Waals surface area contributed by atoms with Gasteiger partial charge in [0.1, 0.15) is 0 Å². The van der Waals surface area contributed by atoms with Gasteiger partial charge in [0.05, 0.1) is 5.54 Å². The number of rotatable bonds is 4. The van der Waals surface area contributed by atoms with Crippen molar-refractivity contribution in [3.63, 3.8) is 0 Å². The number of carbonyl (C=O) groups is 1. The molecule has 1 aromatic carbocycles. The molecule has 1 fully saturated rings. The van der Waals surface area contributed by atoms with Crippen molar-refractivity contribution in [1.82, 2.24) is 4.90 Å². The van der Waals surface area contributed by atoms with Crippen LogP contribution in [0.15, 0.2) is 24.3 Å². The van der Waals surface area contributed by atoms with Gasteiger partial charge in [-0.05, 0) is 30.4 Å². The van der Waals surface area contributed by atoms with Crippen molar-refractivity contribution < 1.29 is 4.79 Å². The molecule has 0 bridgehead atoms. The third-order valence-corrected chi connectivity index (χ3v) is 4.34. The number of nitrogens with zero attached hydrogens (tertiary/aromatic N) is 1. The Morgan fingerprint density at radius 2 is 2.00 bits per heavy atom. The van der Waals surface area contributed by atoms with E-state index in [2.05, 4.69) is 32.9 Å². The highest BCUT2D eigenvalue weighted by atomic mass is 16.2. The van der Waals surface area contributed by atoms with Gasteiger partial charge in [-0.25, -0.2) is 0 Å². The van der Waals surface area contributed by atoms with E-state index in [1.54, 1.807) is 0 Å². The van der Waals surface area contributed by atoms with Crippen molar-refractivity contribution in [3.05, 3.63) is 35.4 Å². The fourth-order valence-corrected chi connectivity index (χ4v) is 2.50. The smallest absolute Gasteiger partial charge is 0.223 e. The summed E-state index contributed by atoms with van der Waals surface area (Å²) in [6, 6.07) is 8.24. The average Bonchev–Trinajstić information content (AvgIpc) is 2.33. The topological polar surface area (TPSA) is 46.3 Å². The first-order chi connectivity index (χ1) is 8.92. The van der Waals surface area contributed by atoms with Crippen molar-refractivity contribution in [3.8, 4) is 0 Å². The van der Waals surface area contributed by atoms with Crippen molar-refractivity contribution >= 4 is 5.91 Å². The van der Waals surface area contributed by atoms with Gasteiger partial charge in [0, 0.05) is 19.5 Å². The van der Waals surface area contributed by atoms with Crippen LogP contribution < -0.4 is 5.73 Å². The van der Waals surface area contributed by atoms with Gasteiger partial charge in [-0.1, -0.05) is 38.1 Å². The van der Waals surface area contributed by atoms with Gasteiger partial charge in [0.2, 0.25) is 5.91 Å². The number of nitrogens with two attached hydrogens (primary N) is 1. The molecule has 19 heavy (non-hydrogen) atoms. The largest absolute Gasteiger partial charge is 0.339 e. The maximum atomic E-state index is 12.1. The molecule has 1 aliphatic heterocycles. The molecule has 0 unspecified atom stereocenters. The molecule has 1 heterocycles. The third kappa shape index (κ3) is 2.98. The highest BCUT2D eigenvalue weighted by Gasteiger charge is 2.43. The molecule has 0 spiro atoms. The van der Waals surface area contributed by atoms with E-state index in [4.69, 9.17) is 5.73 Å². The van der Waals surface area contributed by atoms with E-state index in [0.29, 0.717) is 25.4 Å². The minimum atomic E-state index is -0.168. The summed E-state index contributed by atoms with van der Waals surface area (Å²) in [6.07, 6.45) is 1.40. The van der Waals surface area contributed by atoms with Crippen molar-refractivity contribution in [1.29, 1.82) is 0 Å². The molecule has 3 nitrogen and oxygen atoms in total. The second kappa shape index (κ2) is 5.33. The van der Waals surface area contributed by atoms with Crippen LogP contribution in [-0.2, 0) is 11.2 Å². The molecule has 104 valence electrons. The maximum Gasteiger partial charge on any atom is 0.223 e. The zero-order valence-corrected chi connectivity index (χ0v) is 12.1. The quantitative estimate of drug-likeness (QED) is 0.901. The Morgan fingerprint density at radius 3 is 2.58 bits per heavy atom. The lowest BCUT2D eigenvalue weighted by Crippen LogP contribution is -2.71. The lowest BCUT2D eigenvalue weighted by atomic mass is 9.80. The monoisotopic (exact) mass is 260 g/mol. The van der Waals surface area contributed by atoms with Crippen molar-refractivity contribution in [2.45, 2.75) is 39.2 Å². The Kier molecular flexibility index (Phi) is 3.95. The second-order valence-electron chi connectivity index (χ2n) is 6.06. The third-order valence-electron chi connectivity index (χ3n) is 4.34. The molecule has 0 aromatic heterocycles. The number of amides is 1. The molecule has 1 aromatic rings. The zero-order valence-electron chi connectivity index (χ0n) is 12.1. The number of hydrogen-bond acceptors (Lipinski definition) is 2. The summed E-state index contributed by atoms with van der Waals surface area (Å²) in [5.41, 5.74) is 8.56. The van der Waals surface area contributed by atoms with Gasteiger partial charge < -0.3 is 10.6 Å². The van der Waals surface area contributed by atoms with E-state index in [1.807, 2.05) is 17.0 Å². The first-order valence-electron chi connectivity index (χ1n) is 7.03. The van der Waals surface area contributed by atoms with Crippen LogP contribution in [0.3, 0.4) is 0 Å². The molecular weight excluding hydrogens is 236 g/mol. The van der Waals surface area contributed by atoms with Crippen LogP contribution in [0, 0.1) is 12.8 Å². The normalized spacial score (nSPS) is 17.4. The van der Waals surface area contributed by atoms with Crippen LogP contribution >= 0.6 is 0 Å². The minimum Gasteiger partial charge on any atom is -0.339 e. The molecule has 1 saturated heterocycles. The Labute approximate surface area is 115 Å². The van der Waals surface area contributed by atoms with Crippen LogP contribution in [-0.4, -0.2) is 29.4 Å². The van der Waals surface area contributed by atoms with Crippen LogP contribution in [0.4, 0.5) is 0 Å². The molecular formula is C16H24N2O. The Morgan fingerprint density at radius 1 is 1.37 bits per heavy atom. The van der Waals surface area contributed by atoms with E-state index in [9.17, 15) is 4.79 Å². The van der Waals surface area contributed by atoms with E-state index >= 15 is 0 Å². The van der Waals surface area contributed by atoms with E-state index in [-0.39, 0.29) is 11.4 Å². The summed E-state index contributed by atoms with van der Waals surface area (Å²) >= 11 is 0. The molecule has 0 saturated carbocycles. The Bertz CT molecular complexity index is 462. The van der Waals surface area contributed by atoms with E-state index < -0.39 is 0 Å². The molecule has 2 N–H and O–H groups in total. The Balaban J connectivity index is 1.83. The predicted molar refractivity (Wildman–Crippen MR) is 77.8 cm³/mol. The first-order valence-corrected chi connectivity index (χ1v) is 7.03. The SMILES string of the molecule is Cc1ccccc1CCC(=O)N1CC(N)(C(C)C)C1. The molecule has 0 atom stereocenters. The van der Waals surface area contributed by atoms with Gasteiger partial charge in [-0.2, -0.15) is 0 Å². The zero-order chi connectivity index (χ0) is 14.0. The number of benzene rings is 1. The summed E-state index contributed by atoms with van der Waals surface area (Å²) < 4.78 is 0. The highest BCUT2D eigenvalue weighted by Crippen LogP contribution is 2.26. The summed E-state index contributed by atoms with van der Waals surface area (Å²) in [5, 5.41) is 0. The molecule has 2 rings (SSSR count). The van der Waals surface area contributed by atoms with Gasteiger partial charge >= 0.3 is 0 Å². The van der Waals surface area contributed by atoms with E-state index in [1.165, 1.54) is 11.1 Å². The Hall–Kier alpha value is -1.35. The minimum absolute atomic E-state index is 0.168. The van der Waals surface area contributed by atoms with Gasteiger partial charge in [0.15, 0.2) is 0 Å². The summed E-state index contributed by atoms with van der Waals surface area (Å²) in [4.78, 5) is 14.0. The highest BCUT2D eigenvalue weighted by molar-refractivity contribution is 5.77. The van der Waals surface area contributed by atoms with Crippen LogP contribution in [0.25, 0.3) is 0 Å². The molecule has 1 amide bonds. The fraction of sp³-hybridized carbons (Fsp3) is 0.562. The molecule has 0 radical (unpaired) electrons. The predicted octanol–water partition coefficient (Wildman–Crippen LogP) is 2.12. The van der Waals surface area contributed by atoms with Crippen molar-refractivity contribution in [2.24, 2.45) is 11.7 Å². The van der Waals surface area contributed by atoms with Gasteiger partial charge in [0.25, 0.3) is 0 Å². The lowest BCUT2D eigenvalue weighted by molar-refractivity contribution is -0.140. The average molecular weight is 260 g/mol. The van der Waals surface area contributed by atoms with Gasteiger partial charge in [-0.15, -0.1) is 0 Å². The number of aryl methyl sites for hydroxylation is 2. The summed E-state index contributed by atoms with van der Waals surface area (Å²) in [6.45, 7) is 7.74. The maximum absolute atomic E-state index is 12.1. The standard InChI is InChI=1S/C16H24N2O/c1-12(2)16(17)10-18(11-16)15(19)9-8-14-7-5-4-6-13(14)3/h4-7,12H,8-11,17H2,1-3H3. The summed E-state index contributed by atoms with van der Waals surface area (Å²) in [5.74, 6) is 0.651. The van der Waals surface area contributed by atoms with Crippen molar-refractivity contribution in [2.75, 3.05) is 13.1 Å². The molecule has 0 aliphatic carbocycles. The first kappa shape index (κ1) is 14.1.